The molecule has 1 N–H and O–H groups in total. The minimum atomic E-state index is -1.14. The first-order valence-corrected chi connectivity index (χ1v) is 6.90. The van der Waals surface area contributed by atoms with Gasteiger partial charge in [0.15, 0.2) is 11.6 Å². The third-order valence-corrected chi connectivity index (χ3v) is 3.67. The number of rotatable bonds is 2. The molecule has 2 rings (SSSR count). The number of hydrogen-bond donors (Lipinski definition) is 1. The Hall–Kier alpha value is -1.07. The van der Waals surface area contributed by atoms with E-state index in [0.717, 1.165) is 32.2 Å². The lowest BCUT2D eigenvalue weighted by atomic mass is 9.80. The summed E-state index contributed by atoms with van der Waals surface area (Å²) in [5.41, 5.74) is -0.0408. The van der Waals surface area contributed by atoms with Crippen LogP contribution in [0.2, 0.25) is 0 Å². The van der Waals surface area contributed by atoms with Crippen molar-refractivity contribution >= 4 is 0 Å². The number of piperazine rings is 1. The van der Waals surface area contributed by atoms with E-state index in [1.54, 1.807) is 0 Å². The Labute approximate surface area is 118 Å². The van der Waals surface area contributed by atoms with Gasteiger partial charge in [0.25, 0.3) is 0 Å². The van der Waals surface area contributed by atoms with E-state index in [2.05, 4.69) is 10.2 Å². The topological polar surface area (TPSA) is 15.3 Å². The monoisotopic (exact) mass is 286 g/mol. The Bertz CT molecular complexity index is 477. The summed E-state index contributed by atoms with van der Waals surface area (Å²) in [6, 6.07) is 1.37. The third-order valence-electron chi connectivity index (χ3n) is 3.67. The summed E-state index contributed by atoms with van der Waals surface area (Å²) in [5.74, 6) is -2.81. The van der Waals surface area contributed by atoms with Crippen molar-refractivity contribution in [3.63, 3.8) is 0 Å². The van der Waals surface area contributed by atoms with Gasteiger partial charge in [0.1, 0.15) is 5.82 Å². The van der Waals surface area contributed by atoms with Crippen molar-refractivity contribution in [3.05, 3.63) is 35.1 Å². The molecule has 1 aliphatic rings. The fourth-order valence-electron chi connectivity index (χ4n) is 2.90. The van der Waals surface area contributed by atoms with Crippen molar-refractivity contribution in [2.75, 3.05) is 26.2 Å². The highest BCUT2D eigenvalue weighted by Gasteiger charge is 2.35. The first kappa shape index (κ1) is 15.3. The highest BCUT2D eigenvalue weighted by molar-refractivity contribution is 5.25. The van der Waals surface area contributed by atoms with Crippen LogP contribution in [0.5, 0.6) is 0 Å². The van der Waals surface area contributed by atoms with E-state index in [1.165, 1.54) is 0 Å². The lowest BCUT2D eigenvalue weighted by Crippen LogP contribution is -2.48. The first-order valence-electron chi connectivity index (χ1n) is 6.90. The fraction of sp³-hybridized carbons (Fsp3) is 0.600. The molecule has 0 radical (unpaired) electrons. The lowest BCUT2D eigenvalue weighted by Gasteiger charge is -2.42. The maximum atomic E-state index is 14.1. The number of nitrogens with one attached hydrogen (secondary N) is 1. The van der Waals surface area contributed by atoms with Gasteiger partial charge in [0.2, 0.25) is 0 Å². The van der Waals surface area contributed by atoms with Gasteiger partial charge < -0.3 is 5.32 Å². The summed E-state index contributed by atoms with van der Waals surface area (Å²) in [4.78, 5) is 2.13. The number of halogens is 3. The molecule has 2 nitrogen and oxygen atoms in total. The average Bonchev–Trinajstić information content (AvgIpc) is 2.35. The van der Waals surface area contributed by atoms with Gasteiger partial charge in [-0.3, -0.25) is 4.90 Å². The molecule has 0 saturated carbocycles. The molecule has 20 heavy (non-hydrogen) atoms. The molecule has 1 aromatic carbocycles. The van der Waals surface area contributed by atoms with Gasteiger partial charge in [-0.05, 0) is 11.5 Å². The third kappa shape index (κ3) is 3.15. The van der Waals surface area contributed by atoms with Crippen molar-refractivity contribution in [2.24, 2.45) is 5.41 Å². The number of hydrogen-bond acceptors (Lipinski definition) is 2. The Morgan fingerprint density at radius 2 is 1.55 bits per heavy atom. The maximum absolute atomic E-state index is 14.1. The molecule has 0 amide bonds. The highest BCUT2D eigenvalue weighted by Crippen LogP contribution is 2.39. The van der Waals surface area contributed by atoms with Gasteiger partial charge >= 0.3 is 0 Å². The summed E-state index contributed by atoms with van der Waals surface area (Å²) >= 11 is 0. The molecule has 1 aromatic rings. The zero-order chi connectivity index (χ0) is 14.9. The van der Waals surface area contributed by atoms with Gasteiger partial charge in [-0.15, -0.1) is 0 Å². The van der Waals surface area contributed by atoms with Crippen LogP contribution >= 0.6 is 0 Å². The van der Waals surface area contributed by atoms with Gasteiger partial charge in [0.05, 0.1) is 0 Å². The Morgan fingerprint density at radius 3 is 2.10 bits per heavy atom. The molecule has 1 atom stereocenters. The van der Waals surface area contributed by atoms with Gasteiger partial charge in [-0.2, -0.15) is 0 Å². The highest BCUT2D eigenvalue weighted by atomic mass is 19.2. The molecule has 0 bridgehead atoms. The Kier molecular flexibility index (Phi) is 4.39. The Balaban J connectivity index is 2.43. The van der Waals surface area contributed by atoms with E-state index >= 15 is 0 Å². The quantitative estimate of drug-likeness (QED) is 0.840. The molecular weight excluding hydrogens is 265 g/mol. The zero-order valence-electron chi connectivity index (χ0n) is 12.1. The van der Waals surface area contributed by atoms with Crippen LogP contribution in [-0.2, 0) is 0 Å². The molecule has 112 valence electrons. The van der Waals surface area contributed by atoms with Crippen molar-refractivity contribution in [1.82, 2.24) is 10.2 Å². The second-order valence-electron chi connectivity index (χ2n) is 6.34. The normalized spacial score (nSPS) is 19.1. The fourth-order valence-corrected chi connectivity index (χ4v) is 2.90. The molecule has 0 unspecified atom stereocenters. The van der Waals surface area contributed by atoms with Crippen molar-refractivity contribution in [3.8, 4) is 0 Å². The van der Waals surface area contributed by atoms with Crippen molar-refractivity contribution < 1.29 is 13.2 Å². The number of benzene rings is 1. The molecule has 5 heteroatoms. The molecule has 1 aliphatic heterocycles. The van der Waals surface area contributed by atoms with Crippen LogP contribution in [0.1, 0.15) is 32.4 Å². The zero-order valence-corrected chi connectivity index (χ0v) is 12.1. The lowest BCUT2D eigenvalue weighted by molar-refractivity contribution is 0.0830. The predicted molar refractivity (Wildman–Crippen MR) is 73.0 cm³/mol. The first-order chi connectivity index (χ1) is 9.30. The van der Waals surface area contributed by atoms with Crippen LogP contribution in [0.4, 0.5) is 13.2 Å². The van der Waals surface area contributed by atoms with E-state index < -0.39 is 17.5 Å². The van der Waals surface area contributed by atoms with Crippen LogP contribution in [0.25, 0.3) is 0 Å². The second kappa shape index (κ2) is 5.74. The van der Waals surface area contributed by atoms with E-state index in [9.17, 15) is 13.2 Å². The van der Waals surface area contributed by atoms with Crippen molar-refractivity contribution in [2.45, 2.75) is 26.8 Å². The van der Waals surface area contributed by atoms with Crippen LogP contribution in [0.15, 0.2) is 12.1 Å². The molecule has 1 saturated heterocycles. The minimum absolute atomic E-state index is 0.235. The molecule has 1 heterocycles. The van der Waals surface area contributed by atoms with Crippen LogP contribution in [-0.4, -0.2) is 31.1 Å². The largest absolute Gasteiger partial charge is 0.314 e. The average molecular weight is 286 g/mol. The SMILES string of the molecule is CC(C)(C)[C@H](c1cc(F)c(F)cc1F)N1CCNCC1. The minimum Gasteiger partial charge on any atom is -0.314 e. The summed E-state index contributed by atoms with van der Waals surface area (Å²) < 4.78 is 40.7. The maximum Gasteiger partial charge on any atom is 0.161 e. The van der Waals surface area contributed by atoms with Gasteiger partial charge in [0, 0.05) is 43.9 Å². The summed E-state index contributed by atoms with van der Waals surface area (Å²) in [6.45, 7) is 9.12. The van der Waals surface area contributed by atoms with Crippen molar-refractivity contribution in [1.29, 1.82) is 0 Å². The molecule has 0 aromatic heterocycles. The van der Waals surface area contributed by atoms with Crippen LogP contribution < -0.4 is 5.32 Å². The second-order valence-corrected chi connectivity index (χ2v) is 6.34. The molecule has 0 spiro atoms. The smallest absolute Gasteiger partial charge is 0.161 e. The molecule has 1 fully saturated rings. The molecular formula is C15H21F3N2. The van der Waals surface area contributed by atoms with Gasteiger partial charge in [-0.1, -0.05) is 20.8 Å². The van der Waals surface area contributed by atoms with Gasteiger partial charge in [-0.25, -0.2) is 13.2 Å². The van der Waals surface area contributed by atoms with Crippen LogP contribution in [0, 0.1) is 22.9 Å². The van der Waals surface area contributed by atoms with E-state index in [1.807, 2.05) is 20.8 Å². The standard InChI is InChI=1S/C15H21F3N2/c1-15(2,3)14(20-6-4-19-5-7-20)10-8-12(17)13(18)9-11(10)16/h8-9,14,19H,4-7H2,1-3H3/t14-/m0/s1. The van der Waals surface area contributed by atoms with E-state index in [-0.39, 0.29) is 17.0 Å². The van der Waals surface area contributed by atoms with Crippen LogP contribution in [0.3, 0.4) is 0 Å². The predicted octanol–water partition coefficient (Wildman–Crippen LogP) is 3.10. The summed E-state index contributed by atoms with van der Waals surface area (Å²) in [7, 11) is 0. The Morgan fingerprint density at radius 1 is 1.00 bits per heavy atom. The van der Waals surface area contributed by atoms with E-state index in [4.69, 9.17) is 0 Å². The number of nitrogens with zero attached hydrogens (tertiary/aromatic N) is 1. The summed E-state index contributed by atoms with van der Waals surface area (Å²) in [5, 5.41) is 3.24. The summed E-state index contributed by atoms with van der Waals surface area (Å²) in [6.07, 6.45) is 0. The van der Waals surface area contributed by atoms with E-state index in [0.29, 0.717) is 6.07 Å². The molecule has 0 aliphatic carbocycles.